The van der Waals surface area contributed by atoms with Gasteiger partial charge in [0.1, 0.15) is 5.60 Å². The third-order valence-electron chi connectivity index (χ3n) is 6.87. The molecule has 2 nitrogen and oxygen atoms in total. The molecule has 0 aromatic rings. The molecule has 1 spiro atoms. The van der Waals surface area contributed by atoms with E-state index in [4.69, 9.17) is 0 Å². The van der Waals surface area contributed by atoms with Gasteiger partial charge < -0.3 is 5.11 Å². The maximum atomic E-state index is 12.3. The summed E-state index contributed by atoms with van der Waals surface area (Å²) in [5.74, 6) is 1.79. The Bertz CT molecular complexity index is 382. The Morgan fingerprint density at radius 3 is 2.59 bits per heavy atom. The highest BCUT2D eigenvalue weighted by molar-refractivity contribution is 5.90. The highest BCUT2D eigenvalue weighted by Gasteiger charge is 2.74. The number of carbonyl (C=O) groups excluding carboxylic acids is 1. The van der Waals surface area contributed by atoms with Crippen LogP contribution in [-0.4, -0.2) is 16.5 Å². The SMILES string of the molecule is C[C@@H]1CC[C@]23[C@@H]1C[C@H](CC(=O)[C@@]2(C)O)C3(C)C. The van der Waals surface area contributed by atoms with Crippen LogP contribution >= 0.6 is 0 Å². The van der Waals surface area contributed by atoms with Crippen molar-refractivity contribution in [2.24, 2.45) is 28.6 Å². The molecule has 0 radical (unpaired) electrons. The molecule has 0 amide bonds. The van der Waals surface area contributed by atoms with Crippen LogP contribution in [0.15, 0.2) is 0 Å². The molecule has 17 heavy (non-hydrogen) atoms. The van der Waals surface area contributed by atoms with Crippen LogP contribution in [-0.2, 0) is 4.79 Å². The van der Waals surface area contributed by atoms with Crippen LogP contribution in [0.25, 0.3) is 0 Å². The first-order valence-corrected chi connectivity index (χ1v) is 7.01. The van der Waals surface area contributed by atoms with Crippen LogP contribution in [0.5, 0.6) is 0 Å². The molecule has 3 fully saturated rings. The Kier molecular flexibility index (Phi) is 2.04. The maximum absolute atomic E-state index is 12.3. The minimum atomic E-state index is -1.10. The standard InChI is InChI=1S/C15H24O2/c1-9-5-6-15-11(9)7-10(13(15,2)3)8-12(16)14(15,4)17/h9-11,17H,5-8H2,1-4H3/t9-,10-,11-,14-,15-/m1/s1. The van der Waals surface area contributed by atoms with E-state index in [1.807, 2.05) is 0 Å². The number of hydrogen-bond acceptors (Lipinski definition) is 2. The Labute approximate surface area is 104 Å². The summed E-state index contributed by atoms with van der Waals surface area (Å²) in [5, 5.41) is 10.9. The fourth-order valence-corrected chi connectivity index (χ4v) is 5.77. The molecule has 0 aromatic heterocycles. The summed E-state index contributed by atoms with van der Waals surface area (Å²) in [6.07, 6.45) is 3.94. The number of Topliss-reactive ketones (excluding diaryl/α,β-unsaturated/α-hetero) is 1. The fourth-order valence-electron chi connectivity index (χ4n) is 5.77. The smallest absolute Gasteiger partial charge is 0.164 e. The maximum Gasteiger partial charge on any atom is 0.164 e. The van der Waals surface area contributed by atoms with E-state index in [-0.39, 0.29) is 16.6 Å². The predicted octanol–water partition coefficient (Wildman–Crippen LogP) is 2.79. The molecule has 3 saturated carbocycles. The van der Waals surface area contributed by atoms with Gasteiger partial charge >= 0.3 is 0 Å². The number of aliphatic hydroxyl groups is 1. The van der Waals surface area contributed by atoms with Crippen molar-refractivity contribution in [3.63, 3.8) is 0 Å². The lowest BCUT2D eigenvalue weighted by molar-refractivity contribution is -0.183. The average Bonchev–Trinajstić information content (AvgIpc) is 2.62. The first kappa shape index (κ1) is 11.7. The number of rotatable bonds is 0. The second kappa shape index (κ2) is 2.96. The monoisotopic (exact) mass is 236 g/mol. The zero-order valence-electron chi connectivity index (χ0n) is 11.4. The summed E-state index contributed by atoms with van der Waals surface area (Å²) in [4.78, 5) is 12.3. The lowest BCUT2D eigenvalue weighted by Gasteiger charge is -2.55. The van der Waals surface area contributed by atoms with Crippen LogP contribution < -0.4 is 0 Å². The highest BCUT2D eigenvalue weighted by Crippen LogP contribution is 2.74. The molecule has 3 aliphatic carbocycles. The lowest BCUT2D eigenvalue weighted by Crippen LogP contribution is -2.62. The van der Waals surface area contributed by atoms with Crippen molar-refractivity contribution in [3.8, 4) is 0 Å². The molecule has 2 bridgehead atoms. The van der Waals surface area contributed by atoms with Gasteiger partial charge in [-0.15, -0.1) is 0 Å². The molecule has 0 unspecified atom stereocenters. The van der Waals surface area contributed by atoms with Gasteiger partial charge in [-0.3, -0.25) is 4.79 Å². The fraction of sp³-hybridized carbons (Fsp3) is 0.933. The van der Waals surface area contributed by atoms with E-state index in [9.17, 15) is 9.90 Å². The minimum Gasteiger partial charge on any atom is -0.382 e. The quantitative estimate of drug-likeness (QED) is 0.702. The summed E-state index contributed by atoms with van der Waals surface area (Å²) < 4.78 is 0. The molecule has 0 heterocycles. The van der Waals surface area contributed by atoms with Crippen molar-refractivity contribution >= 4 is 5.78 Å². The van der Waals surface area contributed by atoms with E-state index in [1.54, 1.807) is 6.92 Å². The van der Waals surface area contributed by atoms with Gasteiger partial charge in [0.05, 0.1) is 0 Å². The molecule has 0 aromatic carbocycles. The first-order valence-electron chi connectivity index (χ1n) is 7.01. The van der Waals surface area contributed by atoms with Crippen LogP contribution in [0.3, 0.4) is 0 Å². The van der Waals surface area contributed by atoms with Gasteiger partial charge in [-0.25, -0.2) is 0 Å². The molecule has 96 valence electrons. The molecule has 0 saturated heterocycles. The number of hydrogen-bond donors (Lipinski definition) is 1. The molecular weight excluding hydrogens is 212 g/mol. The van der Waals surface area contributed by atoms with E-state index in [1.165, 1.54) is 6.42 Å². The summed E-state index contributed by atoms with van der Waals surface area (Å²) in [6, 6.07) is 0. The van der Waals surface area contributed by atoms with Crippen LogP contribution in [0.4, 0.5) is 0 Å². The normalized spacial score (nSPS) is 56.1. The van der Waals surface area contributed by atoms with Crippen molar-refractivity contribution in [2.45, 2.75) is 59.0 Å². The number of ketones is 1. The van der Waals surface area contributed by atoms with E-state index >= 15 is 0 Å². The van der Waals surface area contributed by atoms with Crippen molar-refractivity contribution in [3.05, 3.63) is 0 Å². The number of carbonyl (C=O) groups is 1. The largest absolute Gasteiger partial charge is 0.382 e. The second-order valence-electron chi connectivity index (χ2n) is 7.45. The lowest BCUT2D eigenvalue weighted by atomic mass is 9.50. The van der Waals surface area contributed by atoms with Crippen LogP contribution in [0.2, 0.25) is 0 Å². The van der Waals surface area contributed by atoms with Crippen molar-refractivity contribution < 1.29 is 9.90 Å². The summed E-state index contributed by atoms with van der Waals surface area (Å²) >= 11 is 0. The summed E-state index contributed by atoms with van der Waals surface area (Å²) in [5.41, 5.74) is -1.14. The zero-order valence-corrected chi connectivity index (χ0v) is 11.4. The van der Waals surface area contributed by atoms with Gasteiger partial charge in [0, 0.05) is 11.8 Å². The van der Waals surface area contributed by atoms with Crippen LogP contribution in [0, 0.1) is 28.6 Å². The summed E-state index contributed by atoms with van der Waals surface area (Å²) in [6.45, 7) is 8.67. The van der Waals surface area contributed by atoms with Crippen molar-refractivity contribution in [1.29, 1.82) is 0 Å². The third kappa shape index (κ3) is 1.01. The average molecular weight is 236 g/mol. The topological polar surface area (TPSA) is 37.3 Å². The Morgan fingerprint density at radius 2 is 1.94 bits per heavy atom. The minimum absolute atomic E-state index is 0.0958. The van der Waals surface area contributed by atoms with E-state index in [2.05, 4.69) is 20.8 Å². The second-order valence-corrected chi connectivity index (χ2v) is 7.45. The zero-order chi connectivity index (χ0) is 12.6. The molecule has 5 atom stereocenters. The molecular formula is C15H24O2. The Morgan fingerprint density at radius 1 is 1.29 bits per heavy atom. The molecule has 3 rings (SSSR count). The van der Waals surface area contributed by atoms with Gasteiger partial charge in [-0.05, 0) is 49.4 Å². The van der Waals surface area contributed by atoms with Crippen molar-refractivity contribution in [1.82, 2.24) is 0 Å². The van der Waals surface area contributed by atoms with Gasteiger partial charge in [0.2, 0.25) is 0 Å². The van der Waals surface area contributed by atoms with E-state index < -0.39 is 5.60 Å². The highest BCUT2D eigenvalue weighted by atomic mass is 16.3. The third-order valence-corrected chi connectivity index (χ3v) is 6.87. The molecule has 3 aliphatic rings. The molecule has 1 N–H and O–H groups in total. The van der Waals surface area contributed by atoms with Crippen molar-refractivity contribution in [2.75, 3.05) is 0 Å². The first-order chi connectivity index (χ1) is 7.75. The van der Waals surface area contributed by atoms with E-state index in [0.717, 1.165) is 12.8 Å². The van der Waals surface area contributed by atoms with Gasteiger partial charge in [-0.2, -0.15) is 0 Å². The van der Waals surface area contributed by atoms with Crippen LogP contribution in [0.1, 0.15) is 53.4 Å². The van der Waals surface area contributed by atoms with E-state index in [0.29, 0.717) is 24.2 Å². The Balaban J connectivity index is 2.21. The predicted molar refractivity (Wildman–Crippen MR) is 66.5 cm³/mol. The van der Waals surface area contributed by atoms with Gasteiger partial charge in [0.15, 0.2) is 5.78 Å². The number of fused-ring (bicyclic) bond motifs is 1. The Hall–Kier alpha value is -0.370. The van der Waals surface area contributed by atoms with Gasteiger partial charge in [-0.1, -0.05) is 20.8 Å². The summed E-state index contributed by atoms with van der Waals surface area (Å²) in [7, 11) is 0. The molecule has 0 aliphatic heterocycles. The molecule has 2 heteroatoms. The van der Waals surface area contributed by atoms with Gasteiger partial charge in [0.25, 0.3) is 0 Å².